The molecule has 3 amide bonds. The Morgan fingerprint density at radius 1 is 0.789 bits per heavy atom. The largest absolute Gasteiger partial charge is 0.586 e. The van der Waals surface area contributed by atoms with Crippen LogP contribution in [0.2, 0.25) is 0 Å². The van der Waals surface area contributed by atoms with Gasteiger partial charge in [-0.2, -0.15) is 0 Å². The Morgan fingerprint density at radius 2 is 1.33 bits per heavy atom. The van der Waals surface area contributed by atoms with Crippen LogP contribution in [-0.2, 0) is 19.8 Å². The highest BCUT2D eigenvalue weighted by atomic mass is 33.1. The molecule has 57 heavy (non-hydrogen) atoms. The third-order valence-corrected chi connectivity index (χ3v) is 11.2. The summed E-state index contributed by atoms with van der Waals surface area (Å²) >= 11 is 0. The van der Waals surface area contributed by atoms with E-state index in [4.69, 9.17) is 10.2 Å². The first-order valence-corrected chi connectivity index (χ1v) is 22.0. The standard InChI is InChI=1S/C27H43NOS2.C16H18F2N2O6/c1-4-5-6-7-8-9-10-11-12-13-14-15-16-17-18-19-20-21-22-23-27(29)28-24-25-30-31-26(2)3;17-16(18)25-11-2-1-9(5-12(11)26-16)15(3-4-15)14(24)19-6-13(23)20-10(7-21)8-22/h5-6,8-9,11-12,14-15,17-18,20-21,26H,4,7,10,13,16,19,22-25H2,1-3H3,(H,28,29);1-2,5,10,21-22H,3-4,6-8H2,(H,19,24)(H,20,23)/b6-5-,9-8-,12-11-,15-14-,18-17-,21-20-;. The zero-order valence-electron chi connectivity index (χ0n) is 33.4. The van der Waals surface area contributed by atoms with E-state index in [-0.39, 0.29) is 24.0 Å². The van der Waals surface area contributed by atoms with E-state index in [0.717, 1.165) is 57.2 Å². The van der Waals surface area contributed by atoms with Gasteiger partial charge in [0.2, 0.25) is 17.7 Å². The molecular weight excluding hydrogens is 773 g/mol. The Labute approximate surface area is 345 Å². The minimum atomic E-state index is -3.73. The predicted molar refractivity (Wildman–Crippen MR) is 228 cm³/mol. The average Bonchev–Trinajstić information content (AvgIpc) is 3.93. The van der Waals surface area contributed by atoms with Gasteiger partial charge in [-0.15, -0.1) is 8.78 Å². The fraction of sp³-hybridized carbons (Fsp3) is 0.512. The predicted octanol–water partition coefficient (Wildman–Crippen LogP) is 8.00. The minimum absolute atomic E-state index is 0.103. The second kappa shape index (κ2) is 28.5. The fourth-order valence-corrected chi connectivity index (χ4v) is 7.04. The summed E-state index contributed by atoms with van der Waals surface area (Å²) in [6.45, 7) is 6.09. The zero-order valence-corrected chi connectivity index (χ0v) is 35.1. The van der Waals surface area contributed by atoms with E-state index in [1.54, 1.807) is 0 Å². The first-order valence-electron chi connectivity index (χ1n) is 19.6. The van der Waals surface area contributed by atoms with Crippen molar-refractivity contribution in [1.29, 1.82) is 0 Å². The highest BCUT2D eigenvalue weighted by Crippen LogP contribution is 2.51. The molecule has 0 unspecified atom stereocenters. The summed E-state index contributed by atoms with van der Waals surface area (Å²) in [5.41, 5.74) is -0.400. The van der Waals surface area contributed by atoms with Crippen molar-refractivity contribution >= 4 is 39.3 Å². The molecule has 0 aromatic heterocycles. The number of hydrogen-bond acceptors (Lipinski definition) is 9. The van der Waals surface area contributed by atoms with E-state index in [0.29, 0.717) is 30.1 Å². The molecule has 1 aliphatic carbocycles. The SMILES string of the molecule is CC/C=C\C/C=C\C/C=C\C/C=C\C/C=C\C/C=C\CCC(=O)NCCSSC(C)C.O=C(CNC(=O)C1(c2ccc3c(c2)OC(F)(F)O3)CC1)NC(CO)CO. The van der Waals surface area contributed by atoms with Crippen LogP contribution in [0, 0.1) is 0 Å². The van der Waals surface area contributed by atoms with Crippen molar-refractivity contribution < 1.29 is 42.9 Å². The first kappa shape index (κ1) is 49.3. The van der Waals surface area contributed by atoms with Crippen LogP contribution in [0.15, 0.2) is 91.1 Å². The molecule has 0 saturated heterocycles. The number of halogens is 2. The van der Waals surface area contributed by atoms with E-state index in [9.17, 15) is 23.2 Å². The summed E-state index contributed by atoms with van der Waals surface area (Å²) < 4.78 is 35.0. The lowest BCUT2D eigenvalue weighted by atomic mass is 9.94. The number of aliphatic hydroxyl groups is 2. The van der Waals surface area contributed by atoms with E-state index in [1.807, 2.05) is 21.6 Å². The van der Waals surface area contributed by atoms with Crippen molar-refractivity contribution in [3.63, 3.8) is 0 Å². The molecule has 5 N–H and O–H groups in total. The molecule has 0 spiro atoms. The number of benzene rings is 1. The lowest BCUT2D eigenvalue weighted by molar-refractivity contribution is -0.286. The van der Waals surface area contributed by atoms with Gasteiger partial charge in [0.25, 0.3) is 0 Å². The van der Waals surface area contributed by atoms with Crippen molar-refractivity contribution in [2.45, 2.75) is 108 Å². The van der Waals surface area contributed by atoms with Gasteiger partial charge in [-0.3, -0.25) is 14.4 Å². The molecular formula is C43H61F2N3O7S2. The van der Waals surface area contributed by atoms with Gasteiger partial charge >= 0.3 is 6.29 Å². The van der Waals surface area contributed by atoms with Gasteiger partial charge in [-0.1, -0.05) is 121 Å². The smallest absolute Gasteiger partial charge is 0.395 e. The summed E-state index contributed by atoms with van der Waals surface area (Å²) in [6, 6.07) is 3.38. The lowest BCUT2D eigenvalue weighted by Gasteiger charge is -2.17. The maximum absolute atomic E-state index is 13.1. The normalized spacial score (nSPS) is 15.5. The number of allylic oxidation sites excluding steroid dienone is 12. The van der Waals surface area contributed by atoms with Gasteiger partial charge in [0.1, 0.15) is 0 Å². The van der Waals surface area contributed by atoms with Crippen LogP contribution in [0.25, 0.3) is 0 Å². The molecule has 14 heteroatoms. The van der Waals surface area contributed by atoms with Crippen LogP contribution in [-0.4, -0.2) is 77.6 Å². The Morgan fingerprint density at radius 3 is 1.86 bits per heavy atom. The molecule has 1 aromatic carbocycles. The summed E-state index contributed by atoms with van der Waals surface area (Å²) in [5, 5.41) is 26.3. The number of carbonyl (C=O) groups is 3. The zero-order chi connectivity index (χ0) is 41.8. The molecule has 0 atom stereocenters. The van der Waals surface area contributed by atoms with Crippen LogP contribution in [0.5, 0.6) is 11.5 Å². The highest BCUT2D eigenvalue weighted by Gasteiger charge is 2.52. The van der Waals surface area contributed by atoms with Gasteiger partial charge in [0.05, 0.1) is 31.2 Å². The molecule has 0 bridgehead atoms. The van der Waals surface area contributed by atoms with Crippen LogP contribution in [0.3, 0.4) is 0 Å². The van der Waals surface area contributed by atoms with Gasteiger partial charge in [-0.05, 0) is 75.5 Å². The minimum Gasteiger partial charge on any atom is -0.395 e. The second-order valence-electron chi connectivity index (χ2n) is 13.5. The van der Waals surface area contributed by atoms with Gasteiger partial charge < -0.3 is 35.6 Å². The van der Waals surface area contributed by atoms with E-state index in [2.05, 4.69) is 119 Å². The van der Waals surface area contributed by atoms with E-state index >= 15 is 0 Å². The Kier molecular flexibility index (Phi) is 24.7. The second-order valence-corrected chi connectivity index (χ2v) is 16.6. The quantitative estimate of drug-likeness (QED) is 0.0356. The van der Waals surface area contributed by atoms with E-state index in [1.165, 1.54) is 18.2 Å². The fourth-order valence-electron chi connectivity index (χ4n) is 5.13. The third-order valence-electron chi connectivity index (χ3n) is 8.26. The monoisotopic (exact) mass is 833 g/mol. The molecule has 2 aliphatic rings. The number of rotatable bonds is 26. The number of ether oxygens (including phenoxy) is 2. The molecule has 1 aromatic rings. The Bertz CT molecular complexity index is 1540. The highest BCUT2D eigenvalue weighted by molar-refractivity contribution is 8.76. The van der Waals surface area contributed by atoms with Crippen molar-refractivity contribution in [2.75, 3.05) is 32.1 Å². The molecule has 1 heterocycles. The summed E-state index contributed by atoms with van der Waals surface area (Å²) in [4.78, 5) is 35.9. The number of hydrogen-bond donors (Lipinski definition) is 5. The molecule has 1 aliphatic heterocycles. The van der Waals surface area contributed by atoms with Crippen LogP contribution in [0.4, 0.5) is 8.78 Å². The molecule has 10 nitrogen and oxygen atoms in total. The summed E-state index contributed by atoms with van der Waals surface area (Å²) in [5.74, 6) is -0.106. The number of nitrogens with one attached hydrogen (secondary N) is 3. The number of fused-ring (bicyclic) bond motifs is 1. The van der Waals surface area contributed by atoms with Crippen LogP contribution in [0.1, 0.15) is 90.5 Å². The maximum atomic E-state index is 13.1. The Hall–Kier alpha value is -3.85. The van der Waals surface area contributed by atoms with Crippen molar-refractivity contribution in [2.24, 2.45) is 0 Å². The van der Waals surface area contributed by atoms with Gasteiger partial charge in [-0.25, -0.2) is 0 Å². The third kappa shape index (κ3) is 21.5. The lowest BCUT2D eigenvalue weighted by Crippen LogP contribution is -2.46. The van der Waals surface area contributed by atoms with E-state index < -0.39 is 42.8 Å². The van der Waals surface area contributed by atoms with Crippen LogP contribution >= 0.6 is 21.6 Å². The maximum Gasteiger partial charge on any atom is 0.586 e. The average molecular weight is 834 g/mol. The molecule has 0 radical (unpaired) electrons. The Balaban J connectivity index is 0.000000398. The number of amides is 3. The first-order chi connectivity index (χ1) is 27.5. The van der Waals surface area contributed by atoms with Crippen molar-refractivity contribution in [3.8, 4) is 11.5 Å². The topological polar surface area (TPSA) is 146 Å². The van der Waals surface area contributed by atoms with Crippen molar-refractivity contribution in [3.05, 3.63) is 96.7 Å². The summed E-state index contributed by atoms with van der Waals surface area (Å²) in [7, 11) is 3.68. The number of aliphatic hydroxyl groups excluding tert-OH is 2. The van der Waals surface area contributed by atoms with Crippen LogP contribution < -0.4 is 25.4 Å². The van der Waals surface area contributed by atoms with Gasteiger partial charge in [0.15, 0.2) is 11.5 Å². The number of carbonyl (C=O) groups excluding carboxylic acids is 3. The molecule has 316 valence electrons. The molecule has 1 saturated carbocycles. The molecule has 3 rings (SSSR count). The molecule has 1 fully saturated rings. The van der Waals surface area contributed by atoms with Crippen molar-refractivity contribution in [1.82, 2.24) is 16.0 Å². The summed E-state index contributed by atoms with van der Waals surface area (Å²) in [6.07, 6.45) is 31.0. The number of alkyl halides is 2. The van der Waals surface area contributed by atoms with Gasteiger partial charge in [0, 0.05) is 24.0 Å².